The number of carbonyl (C=O) groups excluding carboxylic acids is 3. The van der Waals surface area contributed by atoms with Gasteiger partial charge in [-0.2, -0.15) is 0 Å². The molecular formula is C22H23ClFN5O3. The van der Waals surface area contributed by atoms with Crippen molar-refractivity contribution in [3.63, 3.8) is 0 Å². The average Bonchev–Trinajstić information content (AvgIpc) is 3.30. The lowest BCUT2D eigenvalue weighted by atomic mass is 10.0. The van der Waals surface area contributed by atoms with Crippen molar-refractivity contribution in [2.75, 3.05) is 5.32 Å². The molecule has 6 N–H and O–H groups in total. The van der Waals surface area contributed by atoms with E-state index in [-0.39, 0.29) is 22.0 Å². The number of hydrogen-bond acceptors (Lipinski definition) is 5. The second-order valence-corrected chi connectivity index (χ2v) is 8.50. The van der Waals surface area contributed by atoms with E-state index >= 15 is 0 Å². The molecule has 1 fully saturated rings. The third-order valence-electron chi connectivity index (χ3n) is 6.09. The monoisotopic (exact) mass is 459 g/mol. The van der Waals surface area contributed by atoms with Crippen LogP contribution in [0.2, 0.25) is 5.02 Å². The van der Waals surface area contributed by atoms with Crippen LogP contribution in [0.3, 0.4) is 0 Å². The number of rotatable bonds is 6. The summed E-state index contributed by atoms with van der Waals surface area (Å²) in [5, 5.41) is 5.09. The molecule has 168 valence electrons. The molecule has 0 unspecified atom stereocenters. The number of benzene rings is 1. The second-order valence-electron chi connectivity index (χ2n) is 8.09. The van der Waals surface area contributed by atoms with E-state index in [9.17, 15) is 18.8 Å². The minimum atomic E-state index is -0.802. The van der Waals surface area contributed by atoms with Gasteiger partial charge in [0.25, 0.3) is 17.6 Å². The van der Waals surface area contributed by atoms with Gasteiger partial charge in [0.1, 0.15) is 5.69 Å². The average molecular weight is 460 g/mol. The summed E-state index contributed by atoms with van der Waals surface area (Å²) in [4.78, 5) is 38.9. The van der Waals surface area contributed by atoms with Gasteiger partial charge in [-0.15, -0.1) is 0 Å². The maximum atomic E-state index is 14.3. The van der Waals surface area contributed by atoms with Crippen LogP contribution in [0.4, 0.5) is 10.1 Å². The Morgan fingerprint density at radius 3 is 2.66 bits per heavy atom. The van der Waals surface area contributed by atoms with Gasteiger partial charge in [0.05, 0.1) is 21.8 Å². The molecule has 32 heavy (non-hydrogen) atoms. The van der Waals surface area contributed by atoms with Crippen molar-refractivity contribution in [2.45, 2.75) is 44.7 Å². The largest absolute Gasteiger partial charge is 0.403 e. The molecule has 1 aliphatic carbocycles. The van der Waals surface area contributed by atoms with Gasteiger partial charge in [-0.05, 0) is 50.3 Å². The van der Waals surface area contributed by atoms with E-state index in [2.05, 4.69) is 10.6 Å². The lowest BCUT2D eigenvalue weighted by molar-refractivity contribution is -0.117. The minimum absolute atomic E-state index is 0.0687. The lowest BCUT2D eigenvalue weighted by Crippen LogP contribution is -2.44. The second kappa shape index (κ2) is 7.98. The van der Waals surface area contributed by atoms with Crippen molar-refractivity contribution >= 4 is 34.9 Å². The van der Waals surface area contributed by atoms with Gasteiger partial charge < -0.3 is 26.7 Å². The Bertz CT molecular complexity index is 1180. The predicted octanol–water partition coefficient (Wildman–Crippen LogP) is 2.38. The summed E-state index contributed by atoms with van der Waals surface area (Å²) in [6.07, 6.45) is 3.67. The molecular weight excluding hydrogens is 437 g/mol. The van der Waals surface area contributed by atoms with Crippen molar-refractivity contribution in [1.29, 1.82) is 0 Å². The fourth-order valence-electron chi connectivity index (χ4n) is 4.25. The minimum Gasteiger partial charge on any atom is -0.403 e. The van der Waals surface area contributed by atoms with E-state index in [0.717, 1.165) is 6.42 Å². The standard InChI is InChI=1S/C22H23ClFN5O3/c1-11-16(19(30)21(32)28-22(7-8-22)15(26)10-25)14-6-3-9-29(14)18(11)20(31)27-13-5-2-4-12(23)17(13)24/h2,4-5,10H,3,6-9,25-26H2,1H3,(H,27,31)(H,28,32)/b15-10-. The Morgan fingerprint density at radius 1 is 1.28 bits per heavy atom. The quantitative estimate of drug-likeness (QED) is 0.389. The van der Waals surface area contributed by atoms with Crippen LogP contribution in [-0.4, -0.2) is 27.7 Å². The van der Waals surface area contributed by atoms with Crippen molar-refractivity contribution in [2.24, 2.45) is 11.5 Å². The topological polar surface area (TPSA) is 132 Å². The molecule has 1 aromatic heterocycles. The molecule has 0 saturated heterocycles. The first kappa shape index (κ1) is 21.9. The Hall–Kier alpha value is -3.33. The highest BCUT2D eigenvalue weighted by atomic mass is 35.5. The molecule has 8 nitrogen and oxygen atoms in total. The number of nitrogens with zero attached hydrogens (tertiary/aromatic N) is 1. The molecule has 1 aromatic carbocycles. The van der Waals surface area contributed by atoms with Crippen LogP contribution in [0.15, 0.2) is 30.1 Å². The SMILES string of the molecule is Cc1c(C(=O)C(=O)NC2(/C(N)=C/N)CC2)c2n(c1C(=O)Nc1cccc(Cl)c1F)CCC2. The molecule has 0 atom stereocenters. The van der Waals surface area contributed by atoms with E-state index in [1.807, 2.05) is 0 Å². The van der Waals surface area contributed by atoms with Crippen LogP contribution >= 0.6 is 11.6 Å². The van der Waals surface area contributed by atoms with Gasteiger partial charge >= 0.3 is 0 Å². The Labute approximate surface area is 188 Å². The maximum absolute atomic E-state index is 14.3. The van der Waals surface area contributed by atoms with Crippen LogP contribution in [0, 0.1) is 12.7 Å². The number of halogens is 2. The molecule has 2 aliphatic rings. The van der Waals surface area contributed by atoms with E-state index in [1.165, 1.54) is 24.4 Å². The molecule has 2 aromatic rings. The van der Waals surface area contributed by atoms with Gasteiger partial charge in [0.15, 0.2) is 5.82 Å². The number of Topliss-reactive ketones (excluding diaryl/α,β-unsaturated/α-hetero) is 1. The van der Waals surface area contributed by atoms with Crippen molar-refractivity contribution in [3.05, 3.63) is 63.5 Å². The summed E-state index contributed by atoms with van der Waals surface area (Å²) in [6.45, 7) is 2.12. The highest BCUT2D eigenvalue weighted by molar-refractivity contribution is 6.44. The zero-order valence-corrected chi connectivity index (χ0v) is 18.2. The van der Waals surface area contributed by atoms with Gasteiger partial charge in [-0.25, -0.2) is 4.39 Å². The third kappa shape index (κ3) is 3.52. The molecule has 2 amide bonds. The van der Waals surface area contributed by atoms with E-state index in [4.69, 9.17) is 23.1 Å². The number of amides is 2. The number of hydrogen-bond donors (Lipinski definition) is 4. The smallest absolute Gasteiger partial charge is 0.293 e. The van der Waals surface area contributed by atoms with Crippen LogP contribution < -0.4 is 22.1 Å². The fourth-order valence-corrected chi connectivity index (χ4v) is 4.43. The first-order valence-electron chi connectivity index (χ1n) is 10.2. The Morgan fingerprint density at radius 2 is 2.00 bits per heavy atom. The zero-order valence-electron chi connectivity index (χ0n) is 17.4. The zero-order chi connectivity index (χ0) is 23.2. The number of nitrogens with one attached hydrogen (secondary N) is 2. The van der Waals surface area contributed by atoms with Crippen molar-refractivity contribution in [3.8, 4) is 0 Å². The molecule has 0 bridgehead atoms. The molecule has 4 rings (SSSR count). The fraction of sp³-hybridized carbons (Fsp3) is 0.318. The molecule has 1 saturated carbocycles. The summed E-state index contributed by atoms with van der Waals surface area (Å²) in [5.41, 5.74) is 12.2. The first-order chi connectivity index (χ1) is 15.2. The summed E-state index contributed by atoms with van der Waals surface area (Å²) >= 11 is 5.80. The summed E-state index contributed by atoms with van der Waals surface area (Å²) in [6, 6.07) is 4.29. The number of anilines is 1. The summed E-state index contributed by atoms with van der Waals surface area (Å²) in [7, 11) is 0. The molecule has 2 heterocycles. The third-order valence-corrected chi connectivity index (χ3v) is 6.38. The molecule has 10 heteroatoms. The Balaban J connectivity index is 1.65. The van der Waals surface area contributed by atoms with Gasteiger partial charge in [0, 0.05) is 24.1 Å². The van der Waals surface area contributed by atoms with Gasteiger partial charge in [0.2, 0.25) is 0 Å². The number of carbonyl (C=O) groups is 3. The van der Waals surface area contributed by atoms with Crippen LogP contribution in [0.5, 0.6) is 0 Å². The number of fused-ring (bicyclic) bond motifs is 1. The highest BCUT2D eigenvalue weighted by Crippen LogP contribution is 2.40. The van der Waals surface area contributed by atoms with Crippen LogP contribution in [-0.2, 0) is 17.8 Å². The molecule has 0 spiro atoms. The number of ketones is 1. The van der Waals surface area contributed by atoms with E-state index in [1.54, 1.807) is 11.5 Å². The lowest BCUT2D eigenvalue weighted by Gasteiger charge is -2.17. The molecule has 0 radical (unpaired) electrons. The summed E-state index contributed by atoms with van der Waals surface area (Å²) < 4.78 is 16.0. The highest BCUT2D eigenvalue weighted by Gasteiger charge is 2.48. The van der Waals surface area contributed by atoms with Crippen molar-refractivity contribution in [1.82, 2.24) is 9.88 Å². The van der Waals surface area contributed by atoms with Crippen LogP contribution in [0.1, 0.15) is 51.4 Å². The van der Waals surface area contributed by atoms with E-state index < -0.39 is 29.0 Å². The van der Waals surface area contributed by atoms with E-state index in [0.29, 0.717) is 42.8 Å². The molecule has 1 aliphatic heterocycles. The summed E-state index contributed by atoms with van der Waals surface area (Å²) in [5.74, 6) is -2.87. The first-order valence-corrected chi connectivity index (χ1v) is 10.6. The number of aromatic nitrogens is 1. The van der Waals surface area contributed by atoms with Crippen molar-refractivity contribution < 1.29 is 18.8 Å². The van der Waals surface area contributed by atoms with Crippen LogP contribution in [0.25, 0.3) is 0 Å². The van der Waals surface area contributed by atoms with Gasteiger partial charge in [-0.3, -0.25) is 14.4 Å². The number of nitrogens with two attached hydrogens (primary N) is 2. The Kier molecular flexibility index (Phi) is 5.46. The predicted molar refractivity (Wildman–Crippen MR) is 118 cm³/mol. The maximum Gasteiger partial charge on any atom is 0.293 e. The van der Waals surface area contributed by atoms with Gasteiger partial charge in [-0.1, -0.05) is 17.7 Å². The normalized spacial score (nSPS) is 16.4.